The van der Waals surface area contributed by atoms with Gasteiger partial charge in [-0.05, 0) is 24.3 Å². The SMILES string of the molecule is O=C(c1cc(Cl)c(Cl)c(Cl)c1)c1cc(Cl)c(Cl)c(Cl)c1. The van der Waals surface area contributed by atoms with E-state index in [1.807, 2.05) is 0 Å². The van der Waals surface area contributed by atoms with E-state index in [0.717, 1.165) is 0 Å². The van der Waals surface area contributed by atoms with E-state index in [-0.39, 0.29) is 47.0 Å². The fraction of sp³-hybridized carbons (Fsp3) is 0. The van der Waals surface area contributed by atoms with E-state index >= 15 is 0 Å². The highest BCUT2D eigenvalue weighted by atomic mass is 35.5. The van der Waals surface area contributed by atoms with Crippen molar-refractivity contribution in [1.29, 1.82) is 0 Å². The van der Waals surface area contributed by atoms with E-state index in [4.69, 9.17) is 69.6 Å². The Kier molecular flexibility index (Phi) is 5.12. The van der Waals surface area contributed by atoms with Gasteiger partial charge in [0.1, 0.15) is 0 Å². The number of hydrogen-bond acceptors (Lipinski definition) is 1. The van der Waals surface area contributed by atoms with E-state index < -0.39 is 0 Å². The van der Waals surface area contributed by atoms with Crippen LogP contribution in [0.3, 0.4) is 0 Å². The van der Waals surface area contributed by atoms with Crippen LogP contribution in [0, 0.1) is 0 Å². The molecule has 0 aliphatic carbocycles. The highest BCUT2D eigenvalue weighted by molar-refractivity contribution is 6.49. The van der Waals surface area contributed by atoms with E-state index in [1.165, 1.54) is 24.3 Å². The number of carbonyl (C=O) groups is 1. The predicted octanol–water partition coefficient (Wildman–Crippen LogP) is 6.84. The molecule has 0 heterocycles. The topological polar surface area (TPSA) is 17.1 Å². The maximum atomic E-state index is 12.4. The first-order valence-electron chi connectivity index (χ1n) is 5.15. The normalized spacial score (nSPS) is 10.7. The molecule has 0 bridgehead atoms. The minimum atomic E-state index is -0.342. The largest absolute Gasteiger partial charge is 0.289 e. The average molecular weight is 389 g/mol. The Morgan fingerprint density at radius 3 is 1.10 bits per heavy atom. The van der Waals surface area contributed by atoms with Crippen LogP contribution in [-0.4, -0.2) is 5.78 Å². The van der Waals surface area contributed by atoms with Crippen LogP contribution in [0.1, 0.15) is 15.9 Å². The highest BCUT2D eigenvalue weighted by Gasteiger charge is 2.16. The van der Waals surface area contributed by atoms with Crippen molar-refractivity contribution in [3.8, 4) is 0 Å². The molecule has 0 N–H and O–H groups in total. The zero-order valence-corrected chi connectivity index (χ0v) is 14.0. The third-order valence-electron chi connectivity index (χ3n) is 2.49. The Morgan fingerprint density at radius 2 is 0.850 bits per heavy atom. The molecule has 0 radical (unpaired) electrons. The molecule has 0 aliphatic heterocycles. The summed E-state index contributed by atoms with van der Waals surface area (Å²) in [6.45, 7) is 0. The molecule has 0 aromatic heterocycles. The zero-order valence-electron chi connectivity index (χ0n) is 9.49. The first-order chi connectivity index (χ1) is 9.31. The number of benzene rings is 2. The number of hydrogen-bond donors (Lipinski definition) is 0. The monoisotopic (exact) mass is 386 g/mol. The smallest absolute Gasteiger partial charge is 0.193 e. The molecule has 20 heavy (non-hydrogen) atoms. The number of ketones is 1. The molecule has 2 aromatic rings. The first-order valence-corrected chi connectivity index (χ1v) is 7.42. The minimum Gasteiger partial charge on any atom is -0.289 e. The molecular weight excluding hydrogens is 385 g/mol. The summed E-state index contributed by atoms with van der Waals surface area (Å²) in [4.78, 5) is 12.4. The average Bonchev–Trinajstić information content (AvgIpc) is 2.40. The maximum absolute atomic E-state index is 12.4. The summed E-state index contributed by atoms with van der Waals surface area (Å²) in [5.74, 6) is -0.342. The van der Waals surface area contributed by atoms with Crippen LogP contribution in [-0.2, 0) is 0 Å². The molecule has 2 aromatic carbocycles. The molecule has 0 amide bonds. The van der Waals surface area contributed by atoms with E-state index in [9.17, 15) is 4.79 Å². The van der Waals surface area contributed by atoms with Gasteiger partial charge >= 0.3 is 0 Å². The fourth-order valence-corrected chi connectivity index (χ4v) is 2.73. The highest BCUT2D eigenvalue weighted by Crippen LogP contribution is 2.34. The summed E-state index contributed by atoms with van der Waals surface area (Å²) in [5, 5.41) is 1.14. The number of rotatable bonds is 2. The van der Waals surface area contributed by atoms with Gasteiger partial charge in [0, 0.05) is 11.1 Å². The molecule has 104 valence electrons. The fourth-order valence-electron chi connectivity index (χ4n) is 1.54. The van der Waals surface area contributed by atoms with Gasteiger partial charge in [-0.3, -0.25) is 4.79 Å². The first kappa shape index (κ1) is 16.2. The van der Waals surface area contributed by atoms with Gasteiger partial charge in [0.2, 0.25) is 0 Å². The Labute approximate surface area is 145 Å². The van der Waals surface area contributed by atoms with Gasteiger partial charge in [0.05, 0.1) is 30.1 Å². The van der Waals surface area contributed by atoms with Crippen LogP contribution < -0.4 is 0 Å². The lowest BCUT2D eigenvalue weighted by Crippen LogP contribution is -2.02. The van der Waals surface area contributed by atoms with Crippen molar-refractivity contribution in [2.24, 2.45) is 0 Å². The summed E-state index contributed by atoms with van der Waals surface area (Å²) in [6.07, 6.45) is 0. The van der Waals surface area contributed by atoms with Crippen LogP contribution >= 0.6 is 69.6 Å². The summed E-state index contributed by atoms with van der Waals surface area (Å²) in [6, 6.07) is 5.70. The van der Waals surface area contributed by atoms with Crippen molar-refractivity contribution in [2.75, 3.05) is 0 Å². The van der Waals surface area contributed by atoms with Crippen LogP contribution in [0.2, 0.25) is 30.1 Å². The van der Waals surface area contributed by atoms with Crippen LogP contribution in [0.4, 0.5) is 0 Å². The minimum absolute atomic E-state index is 0.189. The number of carbonyl (C=O) groups excluding carboxylic acids is 1. The van der Waals surface area contributed by atoms with E-state index in [1.54, 1.807) is 0 Å². The van der Waals surface area contributed by atoms with Crippen molar-refractivity contribution < 1.29 is 4.79 Å². The Morgan fingerprint density at radius 1 is 0.600 bits per heavy atom. The van der Waals surface area contributed by atoms with E-state index in [0.29, 0.717) is 0 Å². The van der Waals surface area contributed by atoms with Gasteiger partial charge in [0.15, 0.2) is 5.78 Å². The lowest BCUT2D eigenvalue weighted by molar-refractivity contribution is 0.103. The van der Waals surface area contributed by atoms with Crippen molar-refractivity contribution >= 4 is 75.4 Å². The summed E-state index contributed by atoms with van der Waals surface area (Å²) >= 11 is 35.3. The second-order valence-electron chi connectivity index (χ2n) is 3.84. The molecular formula is C13H4Cl6O. The van der Waals surface area contributed by atoms with Crippen molar-refractivity contribution in [3.63, 3.8) is 0 Å². The molecule has 1 nitrogen and oxygen atoms in total. The predicted molar refractivity (Wildman–Crippen MR) is 86.4 cm³/mol. The van der Waals surface area contributed by atoms with Crippen LogP contribution in [0.15, 0.2) is 24.3 Å². The Bertz CT molecular complexity index is 604. The van der Waals surface area contributed by atoms with Crippen molar-refractivity contribution in [2.45, 2.75) is 0 Å². The summed E-state index contributed by atoms with van der Waals surface area (Å²) < 4.78 is 0. The molecule has 0 aliphatic rings. The van der Waals surface area contributed by atoms with Gasteiger partial charge in [-0.15, -0.1) is 0 Å². The van der Waals surface area contributed by atoms with Gasteiger partial charge in [-0.2, -0.15) is 0 Å². The third-order valence-corrected chi connectivity index (χ3v) is 4.89. The Hall–Kier alpha value is -0.150. The molecule has 2 rings (SSSR count). The van der Waals surface area contributed by atoms with Crippen LogP contribution in [0.25, 0.3) is 0 Å². The zero-order chi connectivity index (χ0) is 15.0. The van der Waals surface area contributed by atoms with Crippen LogP contribution in [0.5, 0.6) is 0 Å². The van der Waals surface area contributed by atoms with Crippen molar-refractivity contribution in [1.82, 2.24) is 0 Å². The second-order valence-corrected chi connectivity index (χ2v) is 6.22. The summed E-state index contributed by atoms with van der Waals surface area (Å²) in [7, 11) is 0. The van der Waals surface area contributed by atoms with E-state index in [2.05, 4.69) is 0 Å². The van der Waals surface area contributed by atoms with Gasteiger partial charge in [-0.1, -0.05) is 69.6 Å². The van der Waals surface area contributed by atoms with Gasteiger partial charge in [-0.25, -0.2) is 0 Å². The molecule has 0 atom stereocenters. The number of halogens is 6. The third kappa shape index (κ3) is 3.19. The molecule has 0 fully saturated rings. The quantitative estimate of drug-likeness (QED) is 0.406. The molecule has 7 heteroatoms. The Balaban J connectivity index is 2.52. The molecule has 0 saturated heterocycles. The van der Waals surface area contributed by atoms with Crippen molar-refractivity contribution in [3.05, 3.63) is 65.5 Å². The lowest BCUT2D eigenvalue weighted by atomic mass is 10.0. The van der Waals surface area contributed by atoms with Gasteiger partial charge in [0.25, 0.3) is 0 Å². The maximum Gasteiger partial charge on any atom is 0.193 e. The second kappa shape index (κ2) is 6.31. The molecule has 0 unspecified atom stereocenters. The lowest BCUT2D eigenvalue weighted by Gasteiger charge is -2.07. The van der Waals surface area contributed by atoms with Gasteiger partial charge < -0.3 is 0 Å². The molecule has 0 spiro atoms. The summed E-state index contributed by atoms with van der Waals surface area (Å²) in [5.41, 5.74) is 0.553. The molecule has 0 saturated carbocycles. The standard InChI is InChI=1S/C13H4Cl6O/c14-7-1-5(2-8(15)11(7)18)13(20)6-3-9(16)12(19)10(17)4-6/h1-4H.